The van der Waals surface area contributed by atoms with Gasteiger partial charge in [-0.2, -0.15) is 0 Å². The number of nitrogens with zero attached hydrogens (tertiary/aromatic N) is 4. The van der Waals surface area contributed by atoms with Gasteiger partial charge in [0.2, 0.25) is 0 Å². The Morgan fingerprint density at radius 1 is 1.15 bits per heavy atom. The predicted octanol–water partition coefficient (Wildman–Crippen LogP) is 3.13. The predicted molar refractivity (Wildman–Crippen MR) is 81.7 cm³/mol. The molecule has 108 valence electrons. The van der Waals surface area contributed by atoms with E-state index in [-0.39, 0.29) is 0 Å². The number of rotatable bonds is 7. The summed E-state index contributed by atoms with van der Waals surface area (Å²) in [6.07, 6.45) is 6.85. The van der Waals surface area contributed by atoms with E-state index in [1.807, 2.05) is 18.5 Å². The first-order valence-corrected chi connectivity index (χ1v) is 7.41. The van der Waals surface area contributed by atoms with E-state index < -0.39 is 0 Å². The van der Waals surface area contributed by atoms with E-state index in [1.54, 1.807) is 0 Å². The average Bonchev–Trinajstić information content (AvgIpc) is 2.88. The molecule has 1 N–H and O–H groups in total. The molecule has 0 spiro atoms. The van der Waals surface area contributed by atoms with E-state index in [0.29, 0.717) is 0 Å². The maximum atomic E-state index is 4.66. The molecule has 0 aliphatic heterocycles. The molecular weight excluding hydrogens is 250 g/mol. The third-order valence-electron chi connectivity index (χ3n) is 3.01. The van der Waals surface area contributed by atoms with Crippen LogP contribution >= 0.6 is 0 Å². The van der Waals surface area contributed by atoms with Crippen LogP contribution in [0, 0.1) is 0 Å². The monoisotopic (exact) mass is 273 g/mol. The Bertz CT molecular complexity index is 523. The second-order valence-corrected chi connectivity index (χ2v) is 4.78. The van der Waals surface area contributed by atoms with Gasteiger partial charge >= 0.3 is 0 Å². The first-order valence-electron chi connectivity index (χ1n) is 7.41. The van der Waals surface area contributed by atoms with Crippen molar-refractivity contribution in [3.63, 3.8) is 0 Å². The number of hydrogen-bond donors (Lipinski definition) is 1. The fourth-order valence-electron chi connectivity index (χ4n) is 2.18. The zero-order chi connectivity index (χ0) is 14.4. The standard InChI is InChI=1S/C15H23N5/c1-4-7-13-18-12(11-14(19-13)16-6-3)15-17-8-10-20(15)9-5-2/h8,10-11H,4-7,9H2,1-3H3,(H,16,18,19). The van der Waals surface area contributed by atoms with E-state index in [1.165, 1.54) is 0 Å². The van der Waals surface area contributed by atoms with Crippen LogP contribution in [-0.2, 0) is 13.0 Å². The van der Waals surface area contributed by atoms with Crippen molar-refractivity contribution < 1.29 is 0 Å². The first kappa shape index (κ1) is 14.5. The third-order valence-corrected chi connectivity index (χ3v) is 3.01. The number of aromatic nitrogens is 4. The van der Waals surface area contributed by atoms with Gasteiger partial charge in [0, 0.05) is 38.0 Å². The molecule has 0 bridgehead atoms. The Balaban J connectivity index is 2.40. The number of imidazole rings is 1. The lowest BCUT2D eigenvalue weighted by molar-refractivity contribution is 0.683. The highest BCUT2D eigenvalue weighted by molar-refractivity contribution is 5.55. The van der Waals surface area contributed by atoms with Gasteiger partial charge in [-0.25, -0.2) is 15.0 Å². The topological polar surface area (TPSA) is 55.6 Å². The summed E-state index contributed by atoms with van der Waals surface area (Å²) in [5.74, 6) is 2.68. The minimum absolute atomic E-state index is 0.853. The molecule has 5 heteroatoms. The Labute approximate surface area is 120 Å². The molecule has 0 atom stereocenters. The highest BCUT2D eigenvalue weighted by Gasteiger charge is 2.10. The van der Waals surface area contributed by atoms with Crippen molar-refractivity contribution in [3.8, 4) is 11.5 Å². The molecule has 0 aliphatic carbocycles. The molecule has 2 aromatic heterocycles. The molecule has 0 aromatic carbocycles. The molecule has 0 saturated heterocycles. The van der Waals surface area contributed by atoms with Crippen molar-refractivity contribution in [2.75, 3.05) is 11.9 Å². The molecule has 2 heterocycles. The van der Waals surface area contributed by atoms with Gasteiger partial charge < -0.3 is 9.88 Å². The molecule has 2 rings (SSSR count). The van der Waals surface area contributed by atoms with Gasteiger partial charge in [-0.15, -0.1) is 0 Å². The molecule has 20 heavy (non-hydrogen) atoms. The van der Waals surface area contributed by atoms with E-state index in [4.69, 9.17) is 0 Å². The third kappa shape index (κ3) is 3.35. The van der Waals surface area contributed by atoms with Gasteiger partial charge in [-0.3, -0.25) is 0 Å². The largest absolute Gasteiger partial charge is 0.370 e. The van der Waals surface area contributed by atoms with Gasteiger partial charge in [-0.1, -0.05) is 13.8 Å². The summed E-state index contributed by atoms with van der Waals surface area (Å²) in [7, 11) is 0. The lowest BCUT2D eigenvalue weighted by Crippen LogP contribution is -2.07. The first-order chi connectivity index (χ1) is 9.78. The molecule has 0 radical (unpaired) electrons. The SMILES string of the molecule is CCCc1nc(NCC)cc(-c2nccn2CCC)n1. The van der Waals surface area contributed by atoms with Crippen LogP contribution in [-0.4, -0.2) is 26.1 Å². The zero-order valence-corrected chi connectivity index (χ0v) is 12.6. The van der Waals surface area contributed by atoms with Crippen LogP contribution in [0.2, 0.25) is 0 Å². The summed E-state index contributed by atoms with van der Waals surface area (Å²) in [5, 5.41) is 3.27. The molecule has 0 amide bonds. The lowest BCUT2D eigenvalue weighted by atomic mass is 10.3. The summed E-state index contributed by atoms with van der Waals surface area (Å²) < 4.78 is 2.15. The zero-order valence-electron chi connectivity index (χ0n) is 12.6. The van der Waals surface area contributed by atoms with Crippen LogP contribution in [0.3, 0.4) is 0 Å². The van der Waals surface area contributed by atoms with Crippen LogP contribution in [0.1, 0.15) is 39.4 Å². The molecule has 0 fully saturated rings. The second kappa shape index (κ2) is 7.03. The molecular formula is C15H23N5. The van der Waals surface area contributed by atoms with Crippen LogP contribution in [0.4, 0.5) is 5.82 Å². The van der Waals surface area contributed by atoms with Gasteiger partial charge in [-0.05, 0) is 19.8 Å². The summed E-state index contributed by atoms with van der Waals surface area (Å²) >= 11 is 0. The van der Waals surface area contributed by atoms with Crippen LogP contribution in [0.5, 0.6) is 0 Å². The fourth-order valence-corrected chi connectivity index (χ4v) is 2.18. The Morgan fingerprint density at radius 2 is 2.00 bits per heavy atom. The van der Waals surface area contributed by atoms with Gasteiger partial charge in [0.1, 0.15) is 17.3 Å². The van der Waals surface area contributed by atoms with E-state index in [9.17, 15) is 0 Å². The van der Waals surface area contributed by atoms with Crippen molar-refractivity contribution in [2.45, 2.75) is 46.6 Å². The molecule has 0 aliphatic rings. The van der Waals surface area contributed by atoms with Gasteiger partial charge in [0.25, 0.3) is 0 Å². The van der Waals surface area contributed by atoms with Crippen molar-refractivity contribution in [3.05, 3.63) is 24.3 Å². The molecule has 0 saturated carbocycles. The quantitative estimate of drug-likeness (QED) is 0.842. The summed E-state index contributed by atoms with van der Waals surface area (Å²) in [6, 6.07) is 1.98. The van der Waals surface area contributed by atoms with Crippen LogP contribution < -0.4 is 5.32 Å². The number of hydrogen-bond acceptors (Lipinski definition) is 4. The summed E-state index contributed by atoms with van der Waals surface area (Å²) in [4.78, 5) is 13.6. The molecule has 2 aromatic rings. The molecule has 5 nitrogen and oxygen atoms in total. The highest BCUT2D eigenvalue weighted by atomic mass is 15.1. The van der Waals surface area contributed by atoms with E-state index >= 15 is 0 Å². The van der Waals surface area contributed by atoms with Crippen molar-refractivity contribution in [2.24, 2.45) is 0 Å². The number of aryl methyl sites for hydroxylation is 2. The van der Waals surface area contributed by atoms with Crippen LogP contribution in [0.25, 0.3) is 11.5 Å². The Hall–Kier alpha value is -1.91. The maximum Gasteiger partial charge on any atom is 0.158 e. The van der Waals surface area contributed by atoms with E-state index in [0.717, 1.165) is 55.5 Å². The van der Waals surface area contributed by atoms with Gasteiger partial charge in [0.15, 0.2) is 5.82 Å². The smallest absolute Gasteiger partial charge is 0.158 e. The maximum absolute atomic E-state index is 4.66. The number of anilines is 1. The Morgan fingerprint density at radius 3 is 2.70 bits per heavy atom. The van der Waals surface area contributed by atoms with Crippen LogP contribution in [0.15, 0.2) is 18.5 Å². The molecule has 0 unspecified atom stereocenters. The highest BCUT2D eigenvalue weighted by Crippen LogP contribution is 2.19. The minimum atomic E-state index is 0.853. The summed E-state index contributed by atoms with van der Waals surface area (Å²) in [6.45, 7) is 8.18. The van der Waals surface area contributed by atoms with Crippen molar-refractivity contribution in [1.29, 1.82) is 0 Å². The fraction of sp³-hybridized carbons (Fsp3) is 0.533. The lowest BCUT2D eigenvalue weighted by Gasteiger charge is -2.10. The number of nitrogens with one attached hydrogen (secondary N) is 1. The summed E-state index contributed by atoms with van der Waals surface area (Å²) in [5.41, 5.74) is 0.901. The Kier molecular flexibility index (Phi) is 5.09. The van der Waals surface area contributed by atoms with Crippen molar-refractivity contribution >= 4 is 5.82 Å². The van der Waals surface area contributed by atoms with Gasteiger partial charge in [0.05, 0.1) is 0 Å². The second-order valence-electron chi connectivity index (χ2n) is 4.78. The van der Waals surface area contributed by atoms with E-state index in [2.05, 4.69) is 45.6 Å². The van der Waals surface area contributed by atoms with Crippen molar-refractivity contribution in [1.82, 2.24) is 19.5 Å². The minimum Gasteiger partial charge on any atom is -0.370 e. The normalized spacial score (nSPS) is 10.8. The average molecular weight is 273 g/mol.